The molecule has 0 aliphatic carbocycles. The molecule has 5 nitrogen and oxygen atoms in total. The van der Waals surface area contributed by atoms with E-state index in [-0.39, 0.29) is 29.8 Å². The molecule has 2 amide bonds. The van der Waals surface area contributed by atoms with E-state index in [0.717, 1.165) is 11.3 Å². The van der Waals surface area contributed by atoms with Crippen LogP contribution in [0.25, 0.3) is 0 Å². The van der Waals surface area contributed by atoms with Gasteiger partial charge in [-0.2, -0.15) is 0 Å². The van der Waals surface area contributed by atoms with Gasteiger partial charge in [-0.15, -0.1) is 11.8 Å². The van der Waals surface area contributed by atoms with E-state index in [9.17, 15) is 9.59 Å². The Morgan fingerprint density at radius 1 is 1.11 bits per heavy atom. The number of rotatable bonds is 7. The van der Waals surface area contributed by atoms with Gasteiger partial charge in [0.15, 0.2) is 0 Å². The van der Waals surface area contributed by atoms with Crippen LogP contribution in [-0.2, 0) is 21.9 Å². The van der Waals surface area contributed by atoms with E-state index in [1.54, 1.807) is 23.9 Å². The second-order valence-electron chi connectivity index (χ2n) is 6.42. The van der Waals surface area contributed by atoms with Gasteiger partial charge in [0, 0.05) is 36.2 Å². The quantitative estimate of drug-likeness (QED) is 0.664. The number of benzene rings is 2. The summed E-state index contributed by atoms with van der Waals surface area (Å²) in [6, 6.07) is 17.3. The topological polar surface area (TPSA) is 70.2 Å². The fourth-order valence-corrected chi connectivity index (χ4v) is 4.00. The van der Waals surface area contributed by atoms with Crippen LogP contribution in [-0.4, -0.2) is 23.4 Å². The van der Waals surface area contributed by atoms with Crippen molar-refractivity contribution in [2.24, 2.45) is 0 Å². The molecule has 2 aromatic rings. The van der Waals surface area contributed by atoms with Crippen LogP contribution in [0.5, 0.6) is 0 Å². The minimum atomic E-state index is -0.194. The van der Waals surface area contributed by atoms with Crippen LogP contribution in [0.1, 0.15) is 24.0 Å². The number of halogens is 1. The van der Waals surface area contributed by atoms with E-state index in [0.29, 0.717) is 18.0 Å². The Kier molecular flexibility index (Phi) is 7.15. The summed E-state index contributed by atoms with van der Waals surface area (Å²) in [5, 5.41) is 9.83. The molecule has 2 aromatic carbocycles. The number of carbonyl (C=O) groups is 2. The van der Waals surface area contributed by atoms with Gasteiger partial charge in [-0.25, -0.2) is 0 Å². The summed E-state index contributed by atoms with van der Waals surface area (Å²) in [6.07, 6.45) is 0.570. The third-order valence-electron chi connectivity index (χ3n) is 4.21. The van der Waals surface area contributed by atoms with E-state index in [4.69, 9.17) is 11.6 Å². The fraction of sp³-hybridized carbons (Fsp3) is 0.300. The third-order valence-corrected chi connectivity index (χ3v) is 5.54. The molecule has 1 fully saturated rings. The summed E-state index contributed by atoms with van der Waals surface area (Å²) in [6.45, 7) is 0.446. The Morgan fingerprint density at radius 3 is 2.59 bits per heavy atom. The predicted molar refractivity (Wildman–Crippen MR) is 109 cm³/mol. The molecule has 142 valence electrons. The van der Waals surface area contributed by atoms with Crippen LogP contribution in [0.4, 0.5) is 0 Å². The molecule has 2 unspecified atom stereocenters. The number of amides is 2. The first-order valence-corrected chi connectivity index (χ1v) is 10.2. The van der Waals surface area contributed by atoms with Crippen molar-refractivity contribution >= 4 is 35.2 Å². The highest BCUT2D eigenvalue weighted by Crippen LogP contribution is 2.18. The molecule has 0 aromatic heterocycles. The van der Waals surface area contributed by atoms with Gasteiger partial charge in [0.25, 0.3) is 0 Å². The van der Waals surface area contributed by atoms with Crippen LogP contribution in [0.2, 0.25) is 5.02 Å². The SMILES string of the molecule is O=C(CC1CC(=O)NC(SCc2ccccc2)N1)NCc1ccc(Cl)cc1. The van der Waals surface area contributed by atoms with E-state index in [1.165, 1.54) is 5.56 Å². The Labute approximate surface area is 168 Å². The van der Waals surface area contributed by atoms with Crippen molar-refractivity contribution in [2.45, 2.75) is 36.7 Å². The highest BCUT2D eigenvalue weighted by atomic mass is 35.5. The lowest BCUT2D eigenvalue weighted by Gasteiger charge is -2.31. The number of nitrogens with one attached hydrogen (secondary N) is 3. The van der Waals surface area contributed by atoms with Gasteiger partial charge in [-0.05, 0) is 23.3 Å². The molecule has 3 rings (SSSR count). The second-order valence-corrected chi connectivity index (χ2v) is 7.95. The Balaban J connectivity index is 1.45. The zero-order chi connectivity index (χ0) is 19.1. The fourth-order valence-electron chi connectivity index (χ4n) is 2.82. The van der Waals surface area contributed by atoms with Crippen LogP contribution < -0.4 is 16.0 Å². The summed E-state index contributed by atoms with van der Waals surface area (Å²) in [5.41, 5.74) is 1.99. The molecule has 1 aliphatic heterocycles. The summed E-state index contributed by atoms with van der Waals surface area (Å²) in [4.78, 5) is 24.2. The number of hydrogen-bond donors (Lipinski definition) is 3. The molecule has 0 spiro atoms. The zero-order valence-electron chi connectivity index (χ0n) is 14.8. The third kappa shape index (κ3) is 6.57. The molecule has 7 heteroatoms. The van der Waals surface area contributed by atoms with Crippen LogP contribution in [0.15, 0.2) is 54.6 Å². The van der Waals surface area contributed by atoms with Crippen molar-refractivity contribution in [2.75, 3.05) is 0 Å². The van der Waals surface area contributed by atoms with Gasteiger partial charge in [0.2, 0.25) is 11.8 Å². The maximum absolute atomic E-state index is 12.2. The Hall–Kier alpha value is -2.02. The van der Waals surface area contributed by atoms with Gasteiger partial charge in [0.05, 0.1) is 0 Å². The van der Waals surface area contributed by atoms with E-state index < -0.39 is 0 Å². The van der Waals surface area contributed by atoms with Crippen molar-refractivity contribution in [1.29, 1.82) is 0 Å². The summed E-state index contributed by atoms with van der Waals surface area (Å²) >= 11 is 7.47. The molecular weight excluding hydrogens is 382 g/mol. The van der Waals surface area contributed by atoms with E-state index in [2.05, 4.69) is 28.1 Å². The van der Waals surface area contributed by atoms with Gasteiger partial charge in [0.1, 0.15) is 5.50 Å². The lowest BCUT2D eigenvalue weighted by Crippen LogP contribution is -2.55. The number of thioether (sulfide) groups is 1. The summed E-state index contributed by atoms with van der Waals surface area (Å²) in [7, 11) is 0. The van der Waals surface area contributed by atoms with Crippen molar-refractivity contribution in [3.63, 3.8) is 0 Å². The van der Waals surface area contributed by atoms with Gasteiger partial charge in [-0.1, -0.05) is 54.1 Å². The largest absolute Gasteiger partial charge is 0.352 e. The van der Waals surface area contributed by atoms with Gasteiger partial charge >= 0.3 is 0 Å². The maximum atomic E-state index is 12.2. The van der Waals surface area contributed by atoms with Crippen LogP contribution in [0.3, 0.4) is 0 Å². The molecule has 1 aliphatic rings. The summed E-state index contributed by atoms with van der Waals surface area (Å²) in [5.74, 6) is 0.674. The van der Waals surface area contributed by atoms with Gasteiger partial charge in [-0.3, -0.25) is 14.9 Å². The first kappa shape index (κ1) is 19.7. The molecule has 0 bridgehead atoms. The first-order valence-electron chi connectivity index (χ1n) is 8.80. The standard InChI is InChI=1S/C20H22ClN3O2S/c21-16-8-6-14(7-9-16)12-22-18(25)10-17-11-19(26)24-20(23-17)27-13-15-4-2-1-3-5-15/h1-9,17,20,23H,10-13H2,(H,22,25)(H,24,26). The van der Waals surface area contributed by atoms with Crippen molar-refractivity contribution in [3.05, 3.63) is 70.7 Å². The molecule has 3 N–H and O–H groups in total. The molecule has 0 radical (unpaired) electrons. The lowest BCUT2D eigenvalue weighted by molar-refractivity contribution is -0.125. The van der Waals surface area contributed by atoms with Crippen molar-refractivity contribution in [3.8, 4) is 0 Å². The minimum absolute atomic E-state index is 0.0326. The number of hydrogen-bond acceptors (Lipinski definition) is 4. The molecule has 0 saturated carbocycles. The first-order chi connectivity index (χ1) is 13.1. The van der Waals surface area contributed by atoms with Crippen molar-refractivity contribution in [1.82, 2.24) is 16.0 Å². The Morgan fingerprint density at radius 2 is 1.85 bits per heavy atom. The molecule has 2 atom stereocenters. The monoisotopic (exact) mass is 403 g/mol. The normalized spacial score (nSPS) is 19.4. The average molecular weight is 404 g/mol. The average Bonchev–Trinajstić information content (AvgIpc) is 2.66. The molecule has 1 saturated heterocycles. The summed E-state index contributed by atoms with van der Waals surface area (Å²) < 4.78 is 0. The lowest BCUT2D eigenvalue weighted by atomic mass is 10.1. The highest BCUT2D eigenvalue weighted by molar-refractivity contribution is 7.99. The second kappa shape index (κ2) is 9.78. The number of carbonyl (C=O) groups excluding carboxylic acids is 2. The minimum Gasteiger partial charge on any atom is -0.352 e. The smallest absolute Gasteiger partial charge is 0.223 e. The molecular formula is C20H22ClN3O2S. The predicted octanol–water partition coefficient (Wildman–Crippen LogP) is 3.04. The molecule has 27 heavy (non-hydrogen) atoms. The maximum Gasteiger partial charge on any atom is 0.223 e. The van der Waals surface area contributed by atoms with E-state index >= 15 is 0 Å². The zero-order valence-corrected chi connectivity index (χ0v) is 16.4. The van der Waals surface area contributed by atoms with Gasteiger partial charge < -0.3 is 10.6 Å². The molecule has 1 heterocycles. The van der Waals surface area contributed by atoms with Crippen LogP contribution in [0, 0.1) is 0 Å². The highest BCUT2D eigenvalue weighted by Gasteiger charge is 2.27. The van der Waals surface area contributed by atoms with Crippen molar-refractivity contribution < 1.29 is 9.59 Å². The van der Waals surface area contributed by atoms with E-state index in [1.807, 2.05) is 30.3 Å². The van der Waals surface area contributed by atoms with Crippen LogP contribution >= 0.6 is 23.4 Å². The Bertz CT molecular complexity index is 771.